The summed E-state index contributed by atoms with van der Waals surface area (Å²) >= 11 is 0. The van der Waals surface area contributed by atoms with Gasteiger partial charge in [0.2, 0.25) is 0 Å². The van der Waals surface area contributed by atoms with E-state index in [-0.39, 0.29) is 0 Å². The molecule has 5 aromatic rings. The molecule has 0 aliphatic carbocycles. The lowest BCUT2D eigenvalue weighted by Crippen LogP contribution is -1.93. The van der Waals surface area contributed by atoms with Crippen LogP contribution >= 0.6 is 0 Å². The minimum Gasteiger partial charge on any atom is -0.309 e. The Morgan fingerprint density at radius 2 is 1.62 bits per heavy atom. The van der Waals surface area contributed by atoms with Crippen LogP contribution in [0.25, 0.3) is 38.6 Å². The number of hydrogen-bond acceptors (Lipinski definition) is 1. The third-order valence-electron chi connectivity index (χ3n) is 5.01. The van der Waals surface area contributed by atoms with Crippen LogP contribution in [0.15, 0.2) is 91.3 Å². The van der Waals surface area contributed by atoms with Crippen LogP contribution in [0.2, 0.25) is 0 Å². The average Bonchev–Trinajstić information content (AvgIpc) is 3.04. The monoisotopic (exact) mass is 334 g/mol. The van der Waals surface area contributed by atoms with Crippen LogP contribution < -0.4 is 0 Å². The van der Waals surface area contributed by atoms with E-state index in [1.165, 1.54) is 38.6 Å². The summed E-state index contributed by atoms with van der Waals surface area (Å²) in [5.74, 6) is 0. The Labute approximate surface area is 152 Å². The van der Waals surface area contributed by atoms with Crippen molar-refractivity contribution in [2.75, 3.05) is 0 Å². The molecule has 2 heterocycles. The second kappa shape index (κ2) is 5.85. The number of rotatable bonds is 2. The molecular weight excluding hydrogens is 316 g/mol. The molecule has 5 rings (SSSR count). The second-order valence-electron chi connectivity index (χ2n) is 6.61. The predicted octanol–water partition coefficient (Wildman–Crippen LogP) is 6.15. The van der Waals surface area contributed by atoms with Crippen molar-refractivity contribution < 1.29 is 0 Å². The van der Waals surface area contributed by atoms with Crippen LogP contribution in [0, 0.1) is 6.92 Å². The van der Waals surface area contributed by atoms with Gasteiger partial charge in [0.25, 0.3) is 0 Å². The van der Waals surface area contributed by atoms with Gasteiger partial charge in [-0.2, -0.15) is 0 Å². The molecule has 0 bridgehead atoms. The zero-order valence-electron chi connectivity index (χ0n) is 14.6. The molecule has 0 aliphatic rings. The van der Waals surface area contributed by atoms with E-state index >= 15 is 0 Å². The zero-order chi connectivity index (χ0) is 17.5. The van der Waals surface area contributed by atoms with Gasteiger partial charge >= 0.3 is 0 Å². The SMILES string of the molecule is Cc1cccc2c1c1cc(-c3cccnc3)ccc1n2-c1ccccc1. The van der Waals surface area contributed by atoms with E-state index in [1.807, 2.05) is 18.5 Å². The Balaban J connectivity index is 1.89. The number of benzene rings is 3. The largest absolute Gasteiger partial charge is 0.309 e. The summed E-state index contributed by atoms with van der Waals surface area (Å²) in [7, 11) is 0. The Kier molecular flexibility index (Phi) is 3.36. The standard InChI is InChI=1S/C24H18N2/c1-17-7-5-11-23-24(17)21-15-18(19-8-6-14-25-16-19)12-13-22(21)26(23)20-9-3-2-4-10-20/h2-16H,1H3. The van der Waals surface area contributed by atoms with Gasteiger partial charge in [0.05, 0.1) is 11.0 Å². The molecule has 0 unspecified atom stereocenters. The number of nitrogens with zero attached hydrogens (tertiary/aromatic N) is 2. The molecule has 0 N–H and O–H groups in total. The highest BCUT2D eigenvalue weighted by Gasteiger charge is 2.14. The van der Waals surface area contributed by atoms with Gasteiger partial charge < -0.3 is 4.57 Å². The van der Waals surface area contributed by atoms with E-state index in [0.717, 1.165) is 5.56 Å². The zero-order valence-corrected chi connectivity index (χ0v) is 14.6. The van der Waals surface area contributed by atoms with Gasteiger partial charge in [0.15, 0.2) is 0 Å². The Bertz CT molecular complexity index is 1220. The molecule has 0 atom stereocenters. The van der Waals surface area contributed by atoms with Crippen molar-refractivity contribution >= 4 is 21.8 Å². The number of aryl methyl sites for hydroxylation is 1. The van der Waals surface area contributed by atoms with E-state index in [1.54, 1.807) is 0 Å². The molecule has 26 heavy (non-hydrogen) atoms. The fraction of sp³-hybridized carbons (Fsp3) is 0.0417. The summed E-state index contributed by atoms with van der Waals surface area (Å²) in [6.45, 7) is 2.19. The number of para-hydroxylation sites is 1. The van der Waals surface area contributed by atoms with Crippen LogP contribution in [0.4, 0.5) is 0 Å². The molecule has 0 radical (unpaired) electrons. The van der Waals surface area contributed by atoms with Crippen molar-refractivity contribution in [3.63, 3.8) is 0 Å². The fourth-order valence-corrected chi connectivity index (χ4v) is 3.82. The first-order valence-electron chi connectivity index (χ1n) is 8.82. The molecular formula is C24H18N2. The molecule has 2 aromatic heterocycles. The Morgan fingerprint density at radius 1 is 0.731 bits per heavy atom. The summed E-state index contributed by atoms with van der Waals surface area (Å²) < 4.78 is 2.35. The third-order valence-corrected chi connectivity index (χ3v) is 5.01. The lowest BCUT2D eigenvalue weighted by molar-refractivity contribution is 1.18. The van der Waals surface area contributed by atoms with E-state index in [2.05, 4.69) is 89.3 Å². The van der Waals surface area contributed by atoms with Gasteiger partial charge in [-0.05, 0) is 54.4 Å². The van der Waals surface area contributed by atoms with E-state index in [4.69, 9.17) is 0 Å². The van der Waals surface area contributed by atoms with Gasteiger partial charge in [-0.1, -0.05) is 42.5 Å². The Hall–Kier alpha value is -3.39. The first-order valence-corrected chi connectivity index (χ1v) is 8.82. The molecule has 2 nitrogen and oxygen atoms in total. The smallest absolute Gasteiger partial charge is 0.0543 e. The van der Waals surface area contributed by atoms with E-state index in [9.17, 15) is 0 Å². The first kappa shape index (κ1) is 14.9. The Morgan fingerprint density at radius 3 is 2.42 bits per heavy atom. The highest BCUT2D eigenvalue weighted by atomic mass is 15.0. The van der Waals surface area contributed by atoms with Crippen LogP contribution in [0.1, 0.15) is 5.56 Å². The quantitative estimate of drug-likeness (QED) is 0.378. The van der Waals surface area contributed by atoms with Crippen molar-refractivity contribution in [3.8, 4) is 16.8 Å². The lowest BCUT2D eigenvalue weighted by Gasteiger charge is -2.08. The molecule has 0 aliphatic heterocycles. The topological polar surface area (TPSA) is 17.8 Å². The number of fused-ring (bicyclic) bond motifs is 3. The maximum Gasteiger partial charge on any atom is 0.0543 e. The van der Waals surface area contributed by atoms with Crippen molar-refractivity contribution in [3.05, 3.63) is 96.8 Å². The second-order valence-corrected chi connectivity index (χ2v) is 6.61. The minimum absolute atomic E-state index is 1.14. The van der Waals surface area contributed by atoms with E-state index in [0.29, 0.717) is 0 Å². The van der Waals surface area contributed by atoms with Crippen LogP contribution in [-0.4, -0.2) is 9.55 Å². The van der Waals surface area contributed by atoms with Gasteiger partial charge in [-0.3, -0.25) is 4.98 Å². The van der Waals surface area contributed by atoms with Crippen molar-refractivity contribution in [2.24, 2.45) is 0 Å². The molecule has 0 saturated heterocycles. The maximum atomic E-state index is 4.27. The molecule has 3 aromatic carbocycles. The highest BCUT2D eigenvalue weighted by molar-refractivity contribution is 6.11. The van der Waals surface area contributed by atoms with Crippen molar-refractivity contribution in [1.29, 1.82) is 0 Å². The molecule has 124 valence electrons. The summed E-state index contributed by atoms with van der Waals surface area (Å²) in [6, 6.07) is 27.9. The minimum atomic E-state index is 1.14. The number of hydrogen-bond donors (Lipinski definition) is 0. The lowest BCUT2D eigenvalue weighted by atomic mass is 10.0. The number of pyridine rings is 1. The molecule has 0 saturated carbocycles. The first-order chi connectivity index (χ1) is 12.8. The number of aromatic nitrogens is 2. The van der Waals surface area contributed by atoms with E-state index < -0.39 is 0 Å². The van der Waals surface area contributed by atoms with Crippen molar-refractivity contribution in [2.45, 2.75) is 6.92 Å². The third kappa shape index (κ3) is 2.23. The normalized spacial score (nSPS) is 11.3. The summed E-state index contributed by atoms with van der Waals surface area (Å²) in [4.78, 5) is 4.27. The molecule has 0 amide bonds. The van der Waals surface area contributed by atoms with Crippen LogP contribution in [0.5, 0.6) is 0 Å². The fourth-order valence-electron chi connectivity index (χ4n) is 3.82. The molecule has 2 heteroatoms. The maximum absolute atomic E-state index is 4.27. The molecule has 0 fully saturated rings. The van der Waals surface area contributed by atoms with Gasteiger partial charge in [0, 0.05) is 34.4 Å². The van der Waals surface area contributed by atoms with Gasteiger partial charge in [-0.15, -0.1) is 0 Å². The summed E-state index contributed by atoms with van der Waals surface area (Å²) in [5, 5.41) is 2.60. The van der Waals surface area contributed by atoms with Crippen molar-refractivity contribution in [1.82, 2.24) is 9.55 Å². The van der Waals surface area contributed by atoms with Gasteiger partial charge in [0.1, 0.15) is 0 Å². The van der Waals surface area contributed by atoms with Crippen LogP contribution in [-0.2, 0) is 0 Å². The predicted molar refractivity (Wildman–Crippen MR) is 109 cm³/mol. The average molecular weight is 334 g/mol. The summed E-state index contributed by atoms with van der Waals surface area (Å²) in [5.41, 5.74) is 7.30. The van der Waals surface area contributed by atoms with Gasteiger partial charge in [-0.25, -0.2) is 0 Å². The van der Waals surface area contributed by atoms with Crippen LogP contribution in [0.3, 0.4) is 0 Å². The summed E-state index contributed by atoms with van der Waals surface area (Å²) in [6.07, 6.45) is 3.73. The highest BCUT2D eigenvalue weighted by Crippen LogP contribution is 2.36. The molecule has 0 spiro atoms.